The lowest BCUT2D eigenvalue weighted by Gasteiger charge is -2.37. The number of carboxylic acids is 1. The normalized spacial score (nSPS) is 21.4. The van der Waals surface area contributed by atoms with E-state index in [1.54, 1.807) is 4.90 Å². The molecule has 1 aromatic heterocycles. The van der Waals surface area contributed by atoms with Gasteiger partial charge in [0.15, 0.2) is 0 Å². The lowest BCUT2D eigenvalue weighted by Crippen LogP contribution is -2.55. The first-order valence-corrected chi connectivity index (χ1v) is 7.65. The molecule has 0 bridgehead atoms. The Morgan fingerprint density at radius 3 is 2.92 bits per heavy atom. The lowest BCUT2D eigenvalue weighted by molar-refractivity contribution is -0.139. The number of nitrogens with zero attached hydrogens (tertiary/aromatic N) is 1. The summed E-state index contributed by atoms with van der Waals surface area (Å²) < 4.78 is 5.34. The number of carbonyl (C=O) groups is 2. The Morgan fingerprint density at radius 1 is 1.58 bits per heavy atom. The summed E-state index contributed by atoms with van der Waals surface area (Å²) in [4.78, 5) is 39.0. The minimum absolute atomic E-state index is 0.00466. The number of H-pyrrole nitrogens is 1. The monoisotopic (exact) mass is 358 g/mol. The molecule has 1 aliphatic rings. The van der Waals surface area contributed by atoms with E-state index in [-0.39, 0.29) is 35.1 Å². The number of carboxylic acid groups (broad SMARTS) is 1. The molecule has 132 valence electrons. The van der Waals surface area contributed by atoms with Gasteiger partial charge >= 0.3 is 5.97 Å². The van der Waals surface area contributed by atoms with Gasteiger partial charge in [0, 0.05) is 20.2 Å². The van der Waals surface area contributed by atoms with Crippen molar-refractivity contribution in [3.8, 4) is 0 Å². The number of hydrogen-bond donors (Lipinski definition) is 4. The Labute approximate surface area is 142 Å². The molecule has 2 rings (SSSR count). The molecule has 1 fully saturated rings. The molecule has 1 amide bonds. The molecule has 1 aromatic rings. The number of aromatic amines is 1. The topological polar surface area (TPSA) is 138 Å². The van der Waals surface area contributed by atoms with Gasteiger partial charge in [-0.2, -0.15) is 0 Å². The summed E-state index contributed by atoms with van der Waals surface area (Å²) in [5, 5.41) is 11.7. The summed E-state index contributed by atoms with van der Waals surface area (Å²) in [5.74, 6) is -1.51. The van der Waals surface area contributed by atoms with Gasteiger partial charge in [-0.3, -0.25) is 19.3 Å². The van der Waals surface area contributed by atoms with Gasteiger partial charge in [0.25, 0.3) is 11.5 Å². The number of methoxy groups -OCH3 is 1. The number of halogens is 1. The second-order valence-electron chi connectivity index (χ2n) is 5.55. The Morgan fingerprint density at radius 2 is 2.29 bits per heavy atom. The minimum atomic E-state index is -0.921. The number of aliphatic carboxylic acids is 1. The third kappa shape index (κ3) is 4.25. The zero-order valence-corrected chi connectivity index (χ0v) is 13.8. The number of pyridine rings is 1. The molecule has 0 aromatic carbocycles. The molecule has 0 radical (unpaired) electrons. The molecule has 1 saturated heterocycles. The average Bonchev–Trinajstić information content (AvgIpc) is 2.51. The molecule has 0 unspecified atom stereocenters. The maximum Gasteiger partial charge on any atom is 0.317 e. The van der Waals surface area contributed by atoms with Crippen molar-refractivity contribution in [3.63, 3.8) is 0 Å². The number of carbonyl (C=O) groups excluding carboxylic acids is 1. The number of hydrogen-bond acceptors (Lipinski definition) is 6. The largest absolute Gasteiger partial charge is 0.480 e. The molecule has 5 N–H and O–H groups in total. The first-order valence-electron chi connectivity index (χ1n) is 7.28. The number of aromatic nitrogens is 1. The van der Waals surface area contributed by atoms with Gasteiger partial charge in [-0.05, 0) is 12.5 Å². The first-order chi connectivity index (χ1) is 11.3. The molecule has 0 saturated carbocycles. The van der Waals surface area contributed by atoms with Crippen molar-refractivity contribution in [1.29, 1.82) is 0 Å². The highest BCUT2D eigenvalue weighted by molar-refractivity contribution is 6.33. The highest BCUT2D eigenvalue weighted by Crippen LogP contribution is 2.16. The SMILES string of the molecule is CO[C@@H]1CN(CC(=O)O)CC[C@H]1NC(=O)c1cc(Cl)c(N)[nH]c1=O. The number of rotatable bonds is 5. The second kappa shape index (κ2) is 7.65. The second-order valence-corrected chi connectivity index (χ2v) is 5.95. The summed E-state index contributed by atoms with van der Waals surface area (Å²) in [6, 6.07) is 0.871. The summed E-state index contributed by atoms with van der Waals surface area (Å²) >= 11 is 5.83. The molecular formula is C14H19ClN4O5. The quantitative estimate of drug-likeness (QED) is 0.557. The van der Waals surface area contributed by atoms with Crippen molar-refractivity contribution in [1.82, 2.24) is 15.2 Å². The van der Waals surface area contributed by atoms with Crippen molar-refractivity contribution in [2.45, 2.75) is 18.6 Å². The van der Waals surface area contributed by atoms with E-state index >= 15 is 0 Å². The van der Waals surface area contributed by atoms with Gasteiger partial charge < -0.3 is 25.9 Å². The minimum Gasteiger partial charge on any atom is -0.480 e. The highest BCUT2D eigenvalue weighted by atomic mass is 35.5. The maximum absolute atomic E-state index is 12.3. The van der Waals surface area contributed by atoms with Crippen LogP contribution in [0.25, 0.3) is 0 Å². The number of nitrogens with two attached hydrogens (primary N) is 1. The van der Waals surface area contributed by atoms with Gasteiger partial charge in [0.05, 0.1) is 23.7 Å². The maximum atomic E-state index is 12.3. The number of amides is 1. The number of likely N-dealkylation sites (tertiary alicyclic amines) is 1. The van der Waals surface area contributed by atoms with E-state index in [1.807, 2.05) is 0 Å². The highest BCUT2D eigenvalue weighted by Gasteiger charge is 2.31. The van der Waals surface area contributed by atoms with E-state index < -0.39 is 17.4 Å². The summed E-state index contributed by atoms with van der Waals surface area (Å²) in [6.45, 7) is 0.774. The fourth-order valence-corrected chi connectivity index (χ4v) is 2.81. The zero-order valence-electron chi connectivity index (χ0n) is 13.0. The molecular weight excluding hydrogens is 340 g/mol. The number of anilines is 1. The molecule has 24 heavy (non-hydrogen) atoms. The van der Waals surface area contributed by atoms with E-state index in [9.17, 15) is 14.4 Å². The number of ether oxygens (including phenoxy) is 1. The predicted octanol–water partition coefficient (Wildman–Crippen LogP) is -0.486. The average molecular weight is 359 g/mol. The van der Waals surface area contributed by atoms with Crippen molar-refractivity contribution in [2.24, 2.45) is 0 Å². The van der Waals surface area contributed by atoms with Gasteiger partial charge in [0.1, 0.15) is 11.4 Å². The summed E-state index contributed by atoms with van der Waals surface area (Å²) in [6.07, 6.45) is 0.114. The van der Waals surface area contributed by atoms with Crippen LogP contribution < -0.4 is 16.6 Å². The molecule has 10 heteroatoms. The molecule has 2 atom stereocenters. The number of nitrogens with one attached hydrogen (secondary N) is 2. The van der Waals surface area contributed by atoms with Gasteiger partial charge in [-0.25, -0.2) is 0 Å². The van der Waals surface area contributed by atoms with Crippen LogP contribution in [0.5, 0.6) is 0 Å². The van der Waals surface area contributed by atoms with Gasteiger partial charge in [0.2, 0.25) is 0 Å². The predicted molar refractivity (Wildman–Crippen MR) is 87.2 cm³/mol. The summed E-state index contributed by atoms with van der Waals surface area (Å²) in [5.41, 5.74) is 4.71. The van der Waals surface area contributed by atoms with Crippen LogP contribution in [0.4, 0.5) is 5.82 Å². The van der Waals surface area contributed by atoms with Crippen LogP contribution in [0.2, 0.25) is 5.02 Å². The fraction of sp³-hybridized carbons (Fsp3) is 0.500. The smallest absolute Gasteiger partial charge is 0.317 e. The number of nitrogen functional groups attached to an aromatic ring is 1. The van der Waals surface area contributed by atoms with E-state index in [4.69, 9.17) is 27.2 Å². The number of piperidine rings is 1. The van der Waals surface area contributed by atoms with Crippen LogP contribution in [-0.2, 0) is 9.53 Å². The first kappa shape index (κ1) is 18.2. The Hall–Kier alpha value is -2.10. The molecule has 1 aliphatic heterocycles. The van der Waals surface area contributed by atoms with Crippen molar-refractivity contribution < 1.29 is 19.4 Å². The third-order valence-electron chi connectivity index (χ3n) is 3.89. The fourth-order valence-electron chi connectivity index (χ4n) is 2.65. The van der Waals surface area contributed by atoms with Crippen LogP contribution in [0.1, 0.15) is 16.8 Å². The van der Waals surface area contributed by atoms with Crippen LogP contribution in [0, 0.1) is 0 Å². The Bertz CT molecular complexity index is 692. The lowest BCUT2D eigenvalue weighted by atomic mass is 10.0. The van der Waals surface area contributed by atoms with Gasteiger partial charge in [-0.1, -0.05) is 11.6 Å². The van der Waals surface area contributed by atoms with Crippen molar-refractivity contribution >= 4 is 29.3 Å². The van der Waals surface area contributed by atoms with Crippen molar-refractivity contribution in [2.75, 3.05) is 32.5 Å². The molecule has 9 nitrogen and oxygen atoms in total. The van der Waals surface area contributed by atoms with Crippen LogP contribution in [-0.4, -0.2) is 65.8 Å². The summed E-state index contributed by atoms with van der Waals surface area (Å²) in [7, 11) is 1.49. The molecule has 0 aliphatic carbocycles. The van der Waals surface area contributed by atoms with Crippen LogP contribution in [0.15, 0.2) is 10.9 Å². The van der Waals surface area contributed by atoms with Crippen molar-refractivity contribution in [3.05, 3.63) is 27.0 Å². The van der Waals surface area contributed by atoms with E-state index in [2.05, 4.69) is 10.3 Å². The van der Waals surface area contributed by atoms with Crippen LogP contribution >= 0.6 is 11.6 Å². The van der Waals surface area contributed by atoms with Gasteiger partial charge in [-0.15, -0.1) is 0 Å². The Kier molecular flexibility index (Phi) is 5.81. The molecule has 2 heterocycles. The van der Waals surface area contributed by atoms with E-state index in [0.717, 1.165) is 0 Å². The van der Waals surface area contributed by atoms with E-state index in [0.29, 0.717) is 19.5 Å². The Balaban J connectivity index is 2.07. The van der Waals surface area contributed by atoms with Crippen LogP contribution in [0.3, 0.4) is 0 Å². The standard InChI is InChI=1S/C14H19ClN4O5/c1-24-10-5-19(6-11(20)21)3-2-9(10)17-13(22)7-4-8(15)12(16)18-14(7)23/h4,9-10H,2-3,5-6H2,1H3,(H,17,22)(H,20,21)(H3,16,18,23)/t9-,10-/m1/s1. The zero-order chi connectivity index (χ0) is 17.9. The molecule has 0 spiro atoms. The third-order valence-corrected chi connectivity index (χ3v) is 4.20. The van der Waals surface area contributed by atoms with E-state index in [1.165, 1.54) is 13.2 Å².